The Labute approximate surface area is 117 Å². The third kappa shape index (κ3) is 2.27. The number of aryl methyl sites for hydroxylation is 1. The summed E-state index contributed by atoms with van der Waals surface area (Å²) in [5.74, 6) is 1.14. The fourth-order valence-electron chi connectivity index (χ4n) is 2.40. The van der Waals surface area contributed by atoms with Gasteiger partial charge in [-0.15, -0.1) is 0 Å². The third-order valence-corrected chi connectivity index (χ3v) is 3.62. The van der Waals surface area contributed by atoms with Crippen LogP contribution in [0.3, 0.4) is 0 Å². The molecule has 102 valence electrons. The van der Waals surface area contributed by atoms with Crippen LogP contribution in [-0.2, 0) is 0 Å². The van der Waals surface area contributed by atoms with E-state index in [-0.39, 0.29) is 5.78 Å². The molecular weight excluding hydrogens is 252 g/mol. The minimum Gasteiger partial charge on any atom is -0.339 e. The van der Waals surface area contributed by atoms with Crippen LogP contribution in [0, 0.1) is 6.92 Å². The van der Waals surface area contributed by atoms with Crippen LogP contribution in [0.1, 0.15) is 34.6 Å². The Morgan fingerprint density at radius 3 is 2.70 bits per heavy atom. The van der Waals surface area contributed by atoms with Crippen molar-refractivity contribution in [3.8, 4) is 0 Å². The van der Waals surface area contributed by atoms with Crippen LogP contribution in [0.2, 0.25) is 0 Å². The Balaban J connectivity index is 1.71. The zero-order valence-corrected chi connectivity index (χ0v) is 11.6. The number of ketones is 1. The number of anilines is 1. The number of hydrogen-bond acceptors (Lipinski definition) is 5. The van der Waals surface area contributed by atoms with Crippen LogP contribution < -0.4 is 4.90 Å². The van der Waals surface area contributed by atoms with Crippen molar-refractivity contribution in [3.05, 3.63) is 47.5 Å². The number of carbonyl (C=O) groups is 1. The first-order chi connectivity index (χ1) is 9.65. The molecule has 5 heteroatoms. The second-order valence-corrected chi connectivity index (χ2v) is 5.08. The van der Waals surface area contributed by atoms with Crippen molar-refractivity contribution in [2.45, 2.75) is 19.8 Å². The van der Waals surface area contributed by atoms with Gasteiger partial charge in [0.25, 0.3) is 0 Å². The standard InChI is InChI=1S/C15H16N4O/c1-10-13(11(2)20)7-17-15(18-10)19-8-12(9-19)14-5-3-4-6-16-14/h3-7,12H,8-9H2,1-2H3. The molecule has 0 radical (unpaired) electrons. The number of rotatable bonds is 3. The zero-order chi connectivity index (χ0) is 14.1. The molecule has 2 aromatic rings. The van der Waals surface area contributed by atoms with Crippen molar-refractivity contribution in [3.63, 3.8) is 0 Å². The van der Waals surface area contributed by atoms with E-state index in [4.69, 9.17) is 0 Å². The number of hydrogen-bond donors (Lipinski definition) is 0. The SMILES string of the molecule is CC(=O)c1cnc(N2CC(c3ccccn3)C2)nc1C. The van der Waals surface area contributed by atoms with Gasteiger partial charge in [-0.05, 0) is 26.0 Å². The van der Waals surface area contributed by atoms with E-state index < -0.39 is 0 Å². The van der Waals surface area contributed by atoms with Gasteiger partial charge in [-0.3, -0.25) is 9.78 Å². The average Bonchev–Trinajstić information content (AvgIpc) is 2.38. The van der Waals surface area contributed by atoms with Crippen molar-refractivity contribution >= 4 is 11.7 Å². The van der Waals surface area contributed by atoms with E-state index >= 15 is 0 Å². The highest BCUT2D eigenvalue weighted by Gasteiger charge is 2.31. The molecule has 3 rings (SSSR count). The molecule has 2 aromatic heterocycles. The first-order valence-electron chi connectivity index (χ1n) is 6.65. The summed E-state index contributed by atoms with van der Waals surface area (Å²) in [7, 11) is 0. The number of nitrogens with zero attached hydrogens (tertiary/aromatic N) is 4. The van der Waals surface area contributed by atoms with Gasteiger partial charge in [0.05, 0.1) is 11.3 Å². The van der Waals surface area contributed by atoms with Crippen molar-refractivity contribution in [1.29, 1.82) is 0 Å². The maximum Gasteiger partial charge on any atom is 0.225 e. The Hall–Kier alpha value is -2.30. The molecule has 0 atom stereocenters. The summed E-state index contributed by atoms with van der Waals surface area (Å²) in [5, 5.41) is 0. The van der Waals surface area contributed by atoms with Crippen LogP contribution in [0.5, 0.6) is 0 Å². The number of Topliss-reactive ketones (excluding diaryl/α,β-unsaturated/α-hetero) is 1. The molecule has 3 heterocycles. The summed E-state index contributed by atoms with van der Waals surface area (Å²) < 4.78 is 0. The molecule has 0 saturated carbocycles. The molecule has 0 aliphatic carbocycles. The predicted octanol–water partition coefficient (Wildman–Crippen LogP) is 1.99. The van der Waals surface area contributed by atoms with Gasteiger partial charge < -0.3 is 4.90 Å². The lowest BCUT2D eigenvalue weighted by molar-refractivity contribution is 0.101. The lowest BCUT2D eigenvalue weighted by Crippen LogP contribution is -2.46. The molecular formula is C15H16N4O. The maximum atomic E-state index is 11.4. The lowest BCUT2D eigenvalue weighted by Gasteiger charge is -2.39. The quantitative estimate of drug-likeness (QED) is 0.797. The molecule has 0 spiro atoms. The molecule has 0 bridgehead atoms. The number of pyridine rings is 1. The normalized spacial score (nSPS) is 15.0. The van der Waals surface area contributed by atoms with Gasteiger partial charge in [0.2, 0.25) is 5.95 Å². The van der Waals surface area contributed by atoms with Gasteiger partial charge in [0.15, 0.2) is 5.78 Å². The van der Waals surface area contributed by atoms with Gasteiger partial charge in [-0.2, -0.15) is 0 Å². The van der Waals surface area contributed by atoms with Crippen molar-refractivity contribution < 1.29 is 4.79 Å². The monoisotopic (exact) mass is 268 g/mol. The van der Waals surface area contributed by atoms with Crippen molar-refractivity contribution in [2.24, 2.45) is 0 Å². The Morgan fingerprint density at radius 1 is 1.30 bits per heavy atom. The molecule has 0 unspecified atom stereocenters. The minimum absolute atomic E-state index is 0.00372. The van der Waals surface area contributed by atoms with E-state index in [0.29, 0.717) is 17.4 Å². The summed E-state index contributed by atoms with van der Waals surface area (Å²) in [6.45, 7) is 5.12. The van der Waals surface area contributed by atoms with E-state index in [0.717, 1.165) is 24.5 Å². The van der Waals surface area contributed by atoms with E-state index in [1.807, 2.05) is 31.3 Å². The van der Waals surface area contributed by atoms with E-state index in [9.17, 15) is 4.79 Å². The summed E-state index contributed by atoms with van der Waals surface area (Å²) >= 11 is 0. The molecule has 0 amide bonds. The van der Waals surface area contributed by atoms with E-state index in [1.54, 1.807) is 6.20 Å². The largest absolute Gasteiger partial charge is 0.339 e. The topological polar surface area (TPSA) is 59.0 Å². The maximum absolute atomic E-state index is 11.4. The minimum atomic E-state index is 0.00372. The average molecular weight is 268 g/mol. The van der Waals surface area contributed by atoms with Crippen molar-refractivity contribution in [2.75, 3.05) is 18.0 Å². The van der Waals surface area contributed by atoms with Crippen LogP contribution >= 0.6 is 0 Å². The van der Waals surface area contributed by atoms with E-state index in [2.05, 4.69) is 19.9 Å². The zero-order valence-electron chi connectivity index (χ0n) is 11.6. The molecule has 5 nitrogen and oxygen atoms in total. The molecule has 0 N–H and O–H groups in total. The smallest absolute Gasteiger partial charge is 0.225 e. The number of aromatic nitrogens is 3. The Morgan fingerprint density at radius 2 is 2.10 bits per heavy atom. The molecule has 1 saturated heterocycles. The summed E-state index contributed by atoms with van der Waals surface area (Å²) in [6.07, 6.45) is 3.44. The molecule has 20 heavy (non-hydrogen) atoms. The number of carbonyl (C=O) groups excluding carboxylic acids is 1. The highest BCUT2D eigenvalue weighted by atomic mass is 16.1. The van der Waals surface area contributed by atoms with Gasteiger partial charge in [0.1, 0.15) is 0 Å². The molecule has 1 aliphatic rings. The lowest BCUT2D eigenvalue weighted by atomic mass is 9.96. The summed E-state index contributed by atoms with van der Waals surface area (Å²) in [6, 6.07) is 5.98. The Kier molecular flexibility index (Phi) is 3.18. The van der Waals surface area contributed by atoms with Gasteiger partial charge in [0, 0.05) is 37.1 Å². The molecule has 1 fully saturated rings. The van der Waals surface area contributed by atoms with Crippen LogP contribution in [-0.4, -0.2) is 33.8 Å². The van der Waals surface area contributed by atoms with Crippen molar-refractivity contribution in [1.82, 2.24) is 15.0 Å². The first kappa shape index (κ1) is 12.7. The van der Waals surface area contributed by atoms with Crippen LogP contribution in [0.15, 0.2) is 30.6 Å². The van der Waals surface area contributed by atoms with Gasteiger partial charge in [-0.25, -0.2) is 9.97 Å². The summed E-state index contributed by atoms with van der Waals surface area (Å²) in [4.78, 5) is 26.5. The first-order valence-corrected chi connectivity index (χ1v) is 6.65. The second kappa shape index (κ2) is 5.00. The molecule has 1 aliphatic heterocycles. The molecule has 0 aromatic carbocycles. The van der Waals surface area contributed by atoms with Gasteiger partial charge >= 0.3 is 0 Å². The van der Waals surface area contributed by atoms with E-state index in [1.165, 1.54) is 6.92 Å². The highest BCUT2D eigenvalue weighted by molar-refractivity contribution is 5.94. The summed E-state index contributed by atoms with van der Waals surface area (Å²) in [5.41, 5.74) is 2.44. The fourth-order valence-corrected chi connectivity index (χ4v) is 2.40. The highest BCUT2D eigenvalue weighted by Crippen LogP contribution is 2.28. The Bertz CT molecular complexity index is 636. The van der Waals surface area contributed by atoms with Crippen LogP contribution in [0.25, 0.3) is 0 Å². The third-order valence-electron chi connectivity index (χ3n) is 3.62. The fraction of sp³-hybridized carbons (Fsp3) is 0.333. The van der Waals surface area contributed by atoms with Gasteiger partial charge in [-0.1, -0.05) is 6.07 Å². The predicted molar refractivity (Wildman–Crippen MR) is 76.0 cm³/mol. The van der Waals surface area contributed by atoms with Crippen LogP contribution in [0.4, 0.5) is 5.95 Å². The second-order valence-electron chi connectivity index (χ2n) is 5.08.